The minimum atomic E-state index is -2.07. The SMILES string of the molecule is COc1cc(C2C3CC(C4Oc5cc(O)cc(O)c5C(=O)C4O)C4C2COC4(O)C3=O)ccc1O. The molecule has 8 unspecified atom stereocenters. The number of aliphatic hydroxyl groups is 2. The van der Waals surface area contributed by atoms with Gasteiger partial charge in [0.2, 0.25) is 11.6 Å². The van der Waals surface area contributed by atoms with Crippen LogP contribution in [0.15, 0.2) is 30.3 Å². The van der Waals surface area contributed by atoms with Gasteiger partial charge in [-0.05, 0) is 36.0 Å². The van der Waals surface area contributed by atoms with Crippen LogP contribution in [0.5, 0.6) is 28.7 Å². The molecule has 10 nitrogen and oxygen atoms in total. The van der Waals surface area contributed by atoms with Gasteiger partial charge in [-0.3, -0.25) is 9.59 Å². The number of carbonyl (C=O) groups excluding carboxylic acids is 2. The zero-order valence-corrected chi connectivity index (χ0v) is 18.6. The number of hydrogen-bond acceptors (Lipinski definition) is 10. The number of Topliss-reactive ketones (excluding diaryl/α,β-unsaturated/α-hetero) is 2. The summed E-state index contributed by atoms with van der Waals surface area (Å²) in [6, 6.07) is 7.03. The van der Waals surface area contributed by atoms with Crippen molar-refractivity contribution in [3.63, 3.8) is 0 Å². The van der Waals surface area contributed by atoms with Crippen molar-refractivity contribution in [2.24, 2.45) is 23.7 Å². The molecule has 0 spiro atoms. The summed E-state index contributed by atoms with van der Waals surface area (Å²) in [6.07, 6.45) is -2.55. The van der Waals surface area contributed by atoms with Crippen LogP contribution in [0, 0.1) is 23.7 Å². The Morgan fingerprint density at radius 1 is 1.06 bits per heavy atom. The number of aliphatic hydroxyl groups excluding tert-OH is 1. The number of carbonyl (C=O) groups is 2. The predicted octanol–water partition coefficient (Wildman–Crippen LogP) is 1.07. The van der Waals surface area contributed by atoms with E-state index < -0.39 is 53.1 Å². The van der Waals surface area contributed by atoms with Gasteiger partial charge in [-0.25, -0.2) is 0 Å². The molecule has 5 aliphatic rings. The Bertz CT molecular complexity index is 1260. The molecule has 4 bridgehead atoms. The first-order valence-corrected chi connectivity index (χ1v) is 11.4. The molecule has 1 saturated heterocycles. The minimum Gasteiger partial charge on any atom is -0.508 e. The van der Waals surface area contributed by atoms with E-state index in [9.17, 15) is 35.1 Å². The lowest BCUT2D eigenvalue weighted by molar-refractivity contribution is -0.234. The first-order valence-electron chi connectivity index (χ1n) is 11.4. The van der Waals surface area contributed by atoms with E-state index in [4.69, 9.17) is 14.2 Å². The van der Waals surface area contributed by atoms with Gasteiger partial charge in [0, 0.05) is 29.9 Å². The Labute approximate surface area is 199 Å². The van der Waals surface area contributed by atoms with Crippen LogP contribution in [0.2, 0.25) is 0 Å². The highest BCUT2D eigenvalue weighted by molar-refractivity contribution is 6.05. The molecular formula is C25H24O10. The van der Waals surface area contributed by atoms with Gasteiger partial charge in [0.1, 0.15) is 28.9 Å². The van der Waals surface area contributed by atoms with Gasteiger partial charge in [-0.2, -0.15) is 0 Å². The minimum absolute atomic E-state index is 0.0389. The van der Waals surface area contributed by atoms with Crippen molar-refractivity contribution in [1.82, 2.24) is 0 Å². The van der Waals surface area contributed by atoms with Gasteiger partial charge in [0.25, 0.3) is 0 Å². The topological polar surface area (TPSA) is 163 Å². The number of hydrogen-bond donors (Lipinski definition) is 5. The summed E-state index contributed by atoms with van der Waals surface area (Å²) in [4.78, 5) is 26.3. The highest BCUT2D eigenvalue weighted by atomic mass is 16.6. The summed E-state index contributed by atoms with van der Waals surface area (Å²) in [6.45, 7) is 0.0860. The van der Waals surface area contributed by atoms with Crippen molar-refractivity contribution < 1.29 is 49.3 Å². The average molecular weight is 484 g/mol. The molecule has 4 fully saturated rings. The Morgan fingerprint density at radius 3 is 2.57 bits per heavy atom. The number of phenolic OH excluding ortho intramolecular Hbond substituents is 3. The standard InChI is InChI=1S/C25H24O10/c1-33-16-4-9(2-3-14(16)27)18-11-7-12(20-13(18)8-34-25(20,32)24(11)31)23-22(30)21(29)19-15(28)5-10(26)6-17(19)35-23/h2-6,11-13,18,20,22-23,26-28,30,32H,7-8H2,1H3. The number of ketones is 2. The zero-order valence-electron chi connectivity index (χ0n) is 18.6. The van der Waals surface area contributed by atoms with Crippen molar-refractivity contribution in [3.05, 3.63) is 41.5 Å². The molecule has 35 heavy (non-hydrogen) atoms. The molecular weight excluding hydrogens is 460 g/mol. The Hall–Kier alpha value is -3.34. The second-order valence-corrected chi connectivity index (χ2v) is 9.75. The highest BCUT2D eigenvalue weighted by Gasteiger charge is 2.71. The maximum Gasteiger partial charge on any atom is 0.230 e. The third kappa shape index (κ3) is 2.87. The monoisotopic (exact) mass is 484 g/mol. The van der Waals surface area contributed by atoms with E-state index in [0.29, 0.717) is 0 Å². The van der Waals surface area contributed by atoms with E-state index in [2.05, 4.69) is 0 Å². The normalized spacial score (nSPS) is 37.2. The van der Waals surface area contributed by atoms with Gasteiger partial charge >= 0.3 is 0 Å². The van der Waals surface area contributed by atoms with Gasteiger partial charge in [0.05, 0.1) is 13.7 Å². The number of methoxy groups -OCH3 is 1. The van der Waals surface area contributed by atoms with Crippen LogP contribution in [0.25, 0.3) is 0 Å². The van der Waals surface area contributed by atoms with E-state index >= 15 is 0 Å². The second kappa shape index (κ2) is 7.33. The molecule has 0 aromatic heterocycles. The quantitative estimate of drug-likeness (QED) is 0.426. The van der Waals surface area contributed by atoms with Crippen LogP contribution >= 0.6 is 0 Å². The Kier molecular flexibility index (Phi) is 4.64. The van der Waals surface area contributed by atoms with Crippen molar-refractivity contribution >= 4 is 11.6 Å². The second-order valence-electron chi connectivity index (χ2n) is 9.75. The molecule has 8 atom stereocenters. The summed E-state index contributed by atoms with van der Waals surface area (Å²) >= 11 is 0. The van der Waals surface area contributed by atoms with E-state index in [1.54, 1.807) is 12.1 Å². The molecule has 7 rings (SSSR count). The molecule has 10 heteroatoms. The first kappa shape index (κ1) is 22.1. The zero-order chi connectivity index (χ0) is 24.8. The number of fused-ring (bicyclic) bond motifs is 2. The molecule has 3 saturated carbocycles. The summed E-state index contributed by atoms with van der Waals surface area (Å²) in [5, 5.41) is 52.2. The third-order valence-electron chi connectivity index (χ3n) is 8.15. The maximum atomic E-state index is 13.3. The Morgan fingerprint density at radius 2 is 1.83 bits per heavy atom. The third-order valence-corrected chi connectivity index (χ3v) is 8.15. The molecule has 2 heterocycles. The van der Waals surface area contributed by atoms with Crippen LogP contribution in [-0.4, -0.2) is 68.8 Å². The number of aromatic hydroxyl groups is 3. The molecule has 0 amide bonds. The Balaban J connectivity index is 1.40. The summed E-state index contributed by atoms with van der Waals surface area (Å²) in [7, 11) is 1.43. The average Bonchev–Trinajstić information content (AvgIpc) is 3.14. The van der Waals surface area contributed by atoms with E-state index in [1.807, 2.05) is 0 Å². The van der Waals surface area contributed by atoms with E-state index in [1.165, 1.54) is 19.2 Å². The van der Waals surface area contributed by atoms with Crippen LogP contribution in [-0.2, 0) is 9.53 Å². The van der Waals surface area contributed by atoms with Gasteiger partial charge < -0.3 is 39.7 Å². The van der Waals surface area contributed by atoms with Gasteiger partial charge in [0.15, 0.2) is 23.4 Å². The van der Waals surface area contributed by atoms with Gasteiger partial charge in [-0.1, -0.05) is 6.07 Å². The van der Waals surface area contributed by atoms with Crippen molar-refractivity contribution in [3.8, 4) is 28.7 Å². The first-order chi connectivity index (χ1) is 16.7. The van der Waals surface area contributed by atoms with Crippen LogP contribution in [0.1, 0.15) is 28.3 Å². The van der Waals surface area contributed by atoms with Crippen LogP contribution in [0.4, 0.5) is 0 Å². The predicted molar refractivity (Wildman–Crippen MR) is 116 cm³/mol. The van der Waals surface area contributed by atoms with Crippen molar-refractivity contribution in [2.45, 2.75) is 30.3 Å². The molecule has 3 aliphatic carbocycles. The molecule has 5 N–H and O–H groups in total. The maximum absolute atomic E-state index is 13.3. The van der Waals surface area contributed by atoms with Crippen LogP contribution < -0.4 is 9.47 Å². The smallest absolute Gasteiger partial charge is 0.230 e. The van der Waals surface area contributed by atoms with Crippen molar-refractivity contribution in [2.75, 3.05) is 13.7 Å². The van der Waals surface area contributed by atoms with Crippen LogP contribution in [0.3, 0.4) is 0 Å². The fourth-order valence-corrected chi connectivity index (χ4v) is 6.78. The summed E-state index contributed by atoms with van der Waals surface area (Å²) in [5.74, 6) is -6.72. The highest BCUT2D eigenvalue weighted by Crippen LogP contribution is 2.63. The molecule has 2 aromatic rings. The molecule has 184 valence electrons. The van der Waals surface area contributed by atoms with Gasteiger partial charge in [-0.15, -0.1) is 0 Å². The molecule has 2 aromatic carbocycles. The summed E-state index contributed by atoms with van der Waals surface area (Å²) < 4.78 is 16.8. The fraction of sp³-hybridized carbons (Fsp3) is 0.440. The lowest BCUT2D eigenvalue weighted by Gasteiger charge is -2.54. The number of benzene rings is 2. The number of rotatable bonds is 3. The number of ether oxygens (including phenoxy) is 3. The fourth-order valence-electron chi connectivity index (χ4n) is 6.78. The summed E-state index contributed by atoms with van der Waals surface area (Å²) in [5.41, 5.74) is 0.524. The lowest BCUT2D eigenvalue weighted by Crippen LogP contribution is -2.65. The molecule has 0 radical (unpaired) electrons. The molecule has 2 aliphatic heterocycles. The lowest BCUT2D eigenvalue weighted by atomic mass is 9.50. The van der Waals surface area contributed by atoms with E-state index in [0.717, 1.165) is 11.6 Å². The largest absolute Gasteiger partial charge is 0.508 e. The van der Waals surface area contributed by atoms with E-state index in [-0.39, 0.29) is 53.4 Å². The number of phenols is 3. The van der Waals surface area contributed by atoms with Crippen molar-refractivity contribution in [1.29, 1.82) is 0 Å².